The summed E-state index contributed by atoms with van der Waals surface area (Å²) >= 11 is 0. The van der Waals surface area contributed by atoms with Gasteiger partial charge in [0.25, 0.3) is 0 Å². The monoisotopic (exact) mass is 272 g/mol. The lowest BCUT2D eigenvalue weighted by atomic mass is 9.95. The first-order chi connectivity index (χ1) is 9.77. The quantitative estimate of drug-likeness (QED) is 0.897. The second-order valence-electron chi connectivity index (χ2n) is 6.09. The van der Waals surface area contributed by atoms with Gasteiger partial charge >= 0.3 is 0 Å². The minimum atomic E-state index is 0.188. The molecule has 2 aliphatic heterocycles. The van der Waals surface area contributed by atoms with Crippen molar-refractivity contribution < 1.29 is 4.79 Å². The number of aryl methyl sites for hydroxylation is 1. The zero-order valence-corrected chi connectivity index (χ0v) is 12.3. The maximum Gasteiger partial charge on any atom is 0.227 e. The molecular weight excluding hydrogens is 248 g/mol. The third-order valence-electron chi connectivity index (χ3n) is 4.73. The lowest BCUT2D eigenvalue weighted by Crippen LogP contribution is -2.42. The first kappa shape index (κ1) is 13.6. The standard InChI is InChI=1S/C17H24N2O/c1-13-6-2-3-8-15(13)16-9-5-11-19(16)17(20)14-7-4-10-18-12-14/h2-3,6,8,14,16,18H,4-5,7,9-12H2,1H3. The Bertz CT molecular complexity index is 480. The van der Waals surface area contributed by atoms with Crippen LogP contribution in [-0.4, -0.2) is 30.4 Å². The van der Waals surface area contributed by atoms with Gasteiger partial charge in [-0.1, -0.05) is 24.3 Å². The van der Waals surface area contributed by atoms with Gasteiger partial charge in [-0.05, 0) is 50.3 Å². The largest absolute Gasteiger partial charge is 0.335 e. The number of hydrogen-bond donors (Lipinski definition) is 1. The van der Waals surface area contributed by atoms with Gasteiger partial charge in [-0.15, -0.1) is 0 Å². The molecular formula is C17H24N2O. The zero-order chi connectivity index (χ0) is 13.9. The van der Waals surface area contributed by atoms with Crippen molar-refractivity contribution in [3.8, 4) is 0 Å². The fraction of sp³-hybridized carbons (Fsp3) is 0.588. The van der Waals surface area contributed by atoms with Crippen LogP contribution in [0.2, 0.25) is 0 Å². The molecule has 2 fully saturated rings. The SMILES string of the molecule is Cc1ccccc1C1CCCN1C(=O)C1CCCNC1. The number of nitrogens with one attached hydrogen (secondary N) is 1. The van der Waals surface area contributed by atoms with Crippen molar-refractivity contribution in [1.82, 2.24) is 10.2 Å². The normalized spacial score (nSPS) is 26.8. The predicted molar refractivity (Wildman–Crippen MR) is 80.5 cm³/mol. The van der Waals surface area contributed by atoms with E-state index in [9.17, 15) is 4.79 Å². The van der Waals surface area contributed by atoms with Crippen LogP contribution >= 0.6 is 0 Å². The van der Waals surface area contributed by atoms with E-state index in [4.69, 9.17) is 0 Å². The van der Waals surface area contributed by atoms with E-state index in [2.05, 4.69) is 41.4 Å². The van der Waals surface area contributed by atoms with E-state index in [0.29, 0.717) is 11.9 Å². The number of likely N-dealkylation sites (tertiary alicyclic amines) is 1. The van der Waals surface area contributed by atoms with Gasteiger partial charge in [0.05, 0.1) is 12.0 Å². The molecule has 1 amide bonds. The van der Waals surface area contributed by atoms with E-state index in [1.54, 1.807) is 0 Å². The van der Waals surface area contributed by atoms with E-state index in [1.807, 2.05) is 0 Å². The topological polar surface area (TPSA) is 32.3 Å². The molecule has 3 heteroatoms. The molecule has 2 unspecified atom stereocenters. The number of rotatable bonds is 2. The summed E-state index contributed by atoms with van der Waals surface area (Å²) in [5.74, 6) is 0.552. The van der Waals surface area contributed by atoms with Crippen LogP contribution in [-0.2, 0) is 4.79 Å². The van der Waals surface area contributed by atoms with Crippen LogP contribution in [0.3, 0.4) is 0 Å². The third kappa shape index (κ3) is 2.59. The highest BCUT2D eigenvalue weighted by Crippen LogP contribution is 2.35. The second-order valence-corrected chi connectivity index (χ2v) is 6.09. The van der Waals surface area contributed by atoms with Gasteiger partial charge in [0.1, 0.15) is 0 Å². The maximum absolute atomic E-state index is 12.8. The summed E-state index contributed by atoms with van der Waals surface area (Å²) in [6, 6.07) is 8.80. The Morgan fingerprint density at radius 1 is 1.25 bits per heavy atom. The molecule has 2 atom stereocenters. The lowest BCUT2D eigenvalue weighted by Gasteiger charge is -2.31. The van der Waals surface area contributed by atoms with Crippen LogP contribution in [0.25, 0.3) is 0 Å². The van der Waals surface area contributed by atoms with E-state index >= 15 is 0 Å². The van der Waals surface area contributed by atoms with E-state index in [-0.39, 0.29) is 5.92 Å². The van der Waals surface area contributed by atoms with E-state index < -0.39 is 0 Å². The number of carbonyl (C=O) groups excluding carboxylic acids is 1. The van der Waals surface area contributed by atoms with Crippen molar-refractivity contribution in [2.45, 2.75) is 38.6 Å². The highest BCUT2D eigenvalue weighted by atomic mass is 16.2. The molecule has 1 N–H and O–H groups in total. The summed E-state index contributed by atoms with van der Waals surface area (Å²) in [4.78, 5) is 14.9. The maximum atomic E-state index is 12.8. The fourth-order valence-corrected chi connectivity index (χ4v) is 3.61. The molecule has 1 aromatic carbocycles. The summed E-state index contributed by atoms with van der Waals surface area (Å²) in [7, 11) is 0. The van der Waals surface area contributed by atoms with Crippen molar-refractivity contribution in [3.05, 3.63) is 35.4 Å². The highest BCUT2D eigenvalue weighted by molar-refractivity contribution is 5.80. The Hall–Kier alpha value is -1.35. The summed E-state index contributed by atoms with van der Waals surface area (Å²) in [5.41, 5.74) is 2.64. The van der Waals surface area contributed by atoms with Crippen LogP contribution in [0.4, 0.5) is 0 Å². The van der Waals surface area contributed by atoms with E-state index in [1.165, 1.54) is 11.1 Å². The summed E-state index contributed by atoms with van der Waals surface area (Å²) < 4.78 is 0. The third-order valence-corrected chi connectivity index (χ3v) is 4.73. The van der Waals surface area contributed by atoms with Gasteiger partial charge in [0.15, 0.2) is 0 Å². The summed E-state index contributed by atoms with van der Waals surface area (Å²) in [6.45, 7) is 4.99. The van der Waals surface area contributed by atoms with Crippen LogP contribution in [0.1, 0.15) is 42.9 Å². The van der Waals surface area contributed by atoms with Crippen molar-refractivity contribution in [2.75, 3.05) is 19.6 Å². The van der Waals surface area contributed by atoms with Gasteiger partial charge in [-0.3, -0.25) is 4.79 Å². The fourth-order valence-electron chi connectivity index (χ4n) is 3.61. The molecule has 0 saturated carbocycles. The van der Waals surface area contributed by atoms with Gasteiger partial charge in [-0.25, -0.2) is 0 Å². The van der Waals surface area contributed by atoms with Gasteiger partial charge < -0.3 is 10.2 Å². The van der Waals surface area contributed by atoms with E-state index in [0.717, 1.165) is 45.3 Å². The molecule has 2 saturated heterocycles. The Balaban J connectivity index is 1.78. The van der Waals surface area contributed by atoms with Gasteiger partial charge in [0.2, 0.25) is 5.91 Å². The zero-order valence-electron chi connectivity index (χ0n) is 12.3. The molecule has 20 heavy (non-hydrogen) atoms. The Kier molecular flexibility index (Phi) is 4.06. The number of piperidine rings is 1. The van der Waals surface area contributed by atoms with Crippen LogP contribution in [0.5, 0.6) is 0 Å². The molecule has 2 aliphatic rings. The van der Waals surface area contributed by atoms with Crippen molar-refractivity contribution in [1.29, 1.82) is 0 Å². The van der Waals surface area contributed by atoms with Crippen LogP contribution < -0.4 is 5.32 Å². The Morgan fingerprint density at radius 3 is 2.85 bits per heavy atom. The Morgan fingerprint density at radius 2 is 2.10 bits per heavy atom. The lowest BCUT2D eigenvalue weighted by molar-refractivity contribution is -0.137. The molecule has 108 valence electrons. The number of benzene rings is 1. The van der Waals surface area contributed by atoms with Crippen molar-refractivity contribution in [2.24, 2.45) is 5.92 Å². The van der Waals surface area contributed by atoms with Crippen molar-refractivity contribution >= 4 is 5.91 Å². The molecule has 3 rings (SSSR count). The average molecular weight is 272 g/mol. The van der Waals surface area contributed by atoms with Crippen molar-refractivity contribution in [3.63, 3.8) is 0 Å². The number of nitrogens with zero attached hydrogens (tertiary/aromatic N) is 1. The Labute approximate surface area is 121 Å². The molecule has 2 heterocycles. The smallest absolute Gasteiger partial charge is 0.227 e. The molecule has 0 aromatic heterocycles. The number of hydrogen-bond acceptors (Lipinski definition) is 2. The summed E-state index contributed by atoms with van der Waals surface area (Å²) in [5, 5.41) is 3.36. The first-order valence-corrected chi connectivity index (χ1v) is 7.84. The van der Waals surface area contributed by atoms with Gasteiger partial charge in [0, 0.05) is 13.1 Å². The van der Waals surface area contributed by atoms with Crippen LogP contribution in [0, 0.1) is 12.8 Å². The number of amides is 1. The van der Waals surface area contributed by atoms with Crippen LogP contribution in [0.15, 0.2) is 24.3 Å². The molecule has 1 aromatic rings. The minimum absolute atomic E-state index is 0.188. The molecule has 0 spiro atoms. The number of carbonyl (C=O) groups is 1. The predicted octanol–water partition coefficient (Wildman–Crippen LogP) is 2.66. The highest BCUT2D eigenvalue weighted by Gasteiger charge is 2.34. The second kappa shape index (κ2) is 5.96. The molecule has 0 bridgehead atoms. The van der Waals surface area contributed by atoms with Gasteiger partial charge in [-0.2, -0.15) is 0 Å². The molecule has 0 aliphatic carbocycles. The molecule has 0 radical (unpaired) electrons. The average Bonchev–Trinajstić information content (AvgIpc) is 2.97. The molecule has 3 nitrogen and oxygen atoms in total. The minimum Gasteiger partial charge on any atom is -0.335 e. The first-order valence-electron chi connectivity index (χ1n) is 7.84. The summed E-state index contributed by atoms with van der Waals surface area (Å²) in [6.07, 6.45) is 4.41.